The number of nitrogens with one attached hydrogen (secondary N) is 2. The molecule has 5 heteroatoms. The number of H-pyrrole nitrogens is 1. The Morgan fingerprint density at radius 3 is 2.88 bits per heavy atom. The molecule has 2 heterocycles. The Kier molecular flexibility index (Phi) is 4.37. The summed E-state index contributed by atoms with van der Waals surface area (Å²) in [6.45, 7) is 4.75. The van der Waals surface area contributed by atoms with E-state index in [1.807, 2.05) is 36.1 Å². The maximum absolute atomic E-state index is 13.0. The van der Waals surface area contributed by atoms with Crippen molar-refractivity contribution < 1.29 is 4.79 Å². The third-order valence-electron chi connectivity index (χ3n) is 5.32. The zero-order chi connectivity index (χ0) is 18.3. The molecule has 1 aromatic heterocycles. The van der Waals surface area contributed by atoms with Crippen LogP contribution in [0.4, 0.5) is 10.5 Å². The predicted octanol–water partition coefficient (Wildman–Crippen LogP) is 5.67. The highest BCUT2D eigenvalue weighted by Gasteiger charge is 2.32. The van der Waals surface area contributed by atoms with Crippen LogP contribution in [-0.2, 0) is 6.42 Å². The summed E-state index contributed by atoms with van der Waals surface area (Å²) < 4.78 is 0. The summed E-state index contributed by atoms with van der Waals surface area (Å²) in [4.78, 5) is 18.5. The topological polar surface area (TPSA) is 48.1 Å². The Bertz CT molecular complexity index is 979. The fourth-order valence-corrected chi connectivity index (χ4v) is 4.09. The number of carbonyl (C=O) groups is 1. The molecule has 1 aliphatic heterocycles. The second-order valence-corrected chi connectivity index (χ2v) is 7.18. The lowest BCUT2D eigenvalue weighted by Crippen LogP contribution is -2.42. The number of halogens is 1. The molecule has 134 valence electrons. The van der Waals surface area contributed by atoms with Gasteiger partial charge in [-0.2, -0.15) is 0 Å². The van der Waals surface area contributed by atoms with Crippen LogP contribution in [0.5, 0.6) is 0 Å². The molecule has 0 saturated carbocycles. The van der Waals surface area contributed by atoms with E-state index < -0.39 is 0 Å². The van der Waals surface area contributed by atoms with Gasteiger partial charge in [-0.15, -0.1) is 0 Å². The van der Waals surface area contributed by atoms with E-state index in [9.17, 15) is 4.79 Å². The highest BCUT2D eigenvalue weighted by molar-refractivity contribution is 6.31. The van der Waals surface area contributed by atoms with Gasteiger partial charge in [0, 0.05) is 33.9 Å². The largest absolute Gasteiger partial charge is 0.356 e. The zero-order valence-electron chi connectivity index (χ0n) is 15.0. The number of aromatic nitrogens is 1. The number of aromatic amines is 1. The average molecular weight is 368 g/mol. The standard InChI is InChI=1S/C21H22ClN3O/c1-3-19-20-15(14-7-4-5-9-18(14)23-20)11-12-25(19)21(26)24-17-10-6-8-16(22)13(17)2/h4-10,19,23H,3,11-12H2,1-2H3,(H,24,26)/t19-/m0/s1. The minimum absolute atomic E-state index is 0.0469. The molecule has 0 saturated heterocycles. The number of rotatable bonds is 2. The quantitative estimate of drug-likeness (QED) is 0.602. The van der Waals surface area contributed by atoms with Gasteiger partial charge in [-0.3, -0.25) is 0 Å². The van der Waals surface area contributed by atoms with E-state index in [1.165, 1.54) is 10.9 Å². The third kappa shape index (κ3) is 2.74. The van der Waals surface area contributed by atoms with Crippen LogP contribution in [0.3, 0.4) is 0 Å². The average Bonchev–Trinajstić information content (AvgIpc) is 3.03. The van der Waals surface area contributed by atoms with Gasteiger partial charge >= 0.3 is 6.03 Å². The molecule has 1 atom stereocenters. The molecule has 3 aromatic rings. The molecular formula is C21H22ClN3O. The number of para-hydroxylation sites is 1. The number of urea groups is 1. The maximum Gasteiger partial charge on any atom is 0.322 e. The molecule has 4 nitrogen and oxygen atoms in total. The van der Waals surface area contributed by atoms with E-state index in [2.05, 4.69) is 35.4 Å². The highest BCUT2D eigenvalue weighted by Crippen LogP contribution is 2.36. The number of carbonyl (C=O) groups excluding carboxylic acids is 1. The minimum atomic E-state index is -0.0773. The molecule has 0 unspecified atom stereocenters. The van der Waals surface area contributed by atoms with Gasteiger partial charge in [-0.05, 0) is 49.1 Å². The summed E-state index contributed by atoms with van der Waals surface area (Å²) in [5, 5.41) is 4.97. The summed E-state index contributed by atoms with van der Waals surface area (Å²) in [7, 11) is 0. The van der Waals surface area contributed by atoms with Crippen molar-refractivity contribution in [2.24, 2.45) is 0 Å². The summed E-state index contributed by atoms with van der Waals surface area (Å²) in [5.41, 5.74) is 5.30. The van der Waals surface area contributed by atoms with Crippen LogP contribution in [-0.4, -0.2) is 22.5 Å². The summed E-state index contributed by atoms with van der Waals surface area (Å²) in [5.74, 6) is 0. The smallest absolute Gasteiger partial charge is 0.322 e. The normalized spacial score (nSPS) is 16.6. The van der Waals surface area contributed by atoms with E-state index in [0.717, 1.165) is 35.3 Å². The first-order chi connectivity index (χ1) is 12.6. The van der Waals surface area contributed by atoms with Gasteiger partial charge in [-0.1, -0.05) is 42.8 Å². The molecular weight excluding hydrogens is 346 g/mol. The van der Waals surface area contributed by atoms with Gasteiger partial charge in [-0.25, -0.2) is 4.79 Å². The Morgan fingerprint density at radius 1 is 1.27 bits per heavy atom. The highest BCUT2D eigenvalue weighted by atomic mass is 35.5. The molecule has 2 amide bonds. The monoisotopic (exact) mass is 367 g/mol. The Morgan fingerprint density at radius 2 is 2.08 bits per heavy atom. The van der Waals surface area contributed by atoms with Crippen molar-refractivity contribution in [2.45, 2.75) is 32.7 Å². The number of anilines is 1. The van der Waals surface area contributed by atoms with Crippen LogP contribution >= 0.6 is 11.6 Å². The van der Waals surface area contributed by atoms with Crippen molar-refractivity contribution in [1.29, 1.82) is 0 Å². The van der Waals surface area contributed by atoms with Gasteiger partial charge in [0.05, 0.1) is 6.04 Å². The first-order valence-corrected chi connectivity index (χ1v) is 9.40. The lowest BCUT2D eigenvalue weighted by Gasteiger charge is -2.35. The number of hydrogen-bond donors (Lipinski definition) is 2. The van der Waals surface area contributed by atoms with Gasteiger partial charge in [0.25, 0.3) is 0 Å². The molecule has 0 spiro atoms. The summed E-state index contributed by atoms with van der Waals surface area (Å²) in [6, 6.07) is 13.9. The van der Waals surface area contributed by atoms with Gasteiger partial charge in [0.1, 0.15) is 0 Å². The molecule has 0 fully saturated rings. The van der Waals surface area contributed by atoms with Crippen molar-refractivity contribution in [3.05, 3.63) is 64.3 Å². The first kappa shape index (κ1) is 17.0. The number of nitrogens with zero attached hydrogens (tertiary/aromatic N) is 1. The molecule has 0 radical (unpaired) electrons. The minimum Gasteiger partial charge on any atom is -0.356 e. The number of benzene rings is 2. The Labute approximate surface area is 158 Å². The third-order valence-corrected chi connectivity index (χ3v) is 5.73. The van der Waals surface area contributed by atoms with Crippen LogP contribution in [0.1, 0.15) is 36.2 Å². The lowest BCUT2D eigenvalue weighted by atomic mass is 9.96. The van der Waals surface area contributed by atoms with E-state index in [-0.39, 0.29) is 12.1 Å². The zero-order valence-corrected chi connectivity index (χ0v) is 15.7. The predicted molar refractivity (Wildman–Crippen MR) is 107 cm³/mol. The number of fused-ring (bicyclic) bond motifs is 3. The Hall–Kier alpha value is -2.46. The molecule has 1 aliphatic rings. The number of hydrogen-bond acceptors (Lipinski definition) is 1. The molecule has 0 aliphatic carbocycles. The van der Waals surface area contributed by atoms with Gasteiger partial charge in [0.15, 0.2) is 0 Å². The van der Waals surface area contributed by atoms with E-state index in [0.29, 0.717) is 11.6 Å². The van der Waals surface area contributed by atoms with E-state index in [1.54, 1.807) is 0 Å². The van der Waals surface area contributed by atoms with Crippen molar-refractivity contribution >= 4 is 34.2 Å². The fourth-order valence-electron chi connectivity index (χ4n) is 3.92. The van der Waals surface area contributed by atoms with Crippen molar-refractivity contribution in [2.75, 3.05) is 11.9 Å². The van der Waals surface area contributed by atoms with Crippen molar-refractivity contribution in [3.63, 3.8) is 0 Å². The summed E-state index contributed by atoms with van der Waals surface area (Å²) >= 11 is 6.18. The van der Waals surface area contributed by atoms with E-state index >= 15 is 0 Å². The van der Waals surface area contributed by atoms with Gasteiger partial charge in [0.2, 0.25) is 0 Å². The molecule has 4 rings (SSSR count). The number of amides is 2. The second-order valence-electron chi connectivity index (χ2n) is 6.77. The molecule has 2 aromatic carbocycles. The molecule has 0 bridgehead atoms. The summed E-state index contributed by atoms with van der Waals surface area (Å²) in [6.07, 6.45) is 1.72. The van der Waals surface area contributed by atoms with E-state index in [4.69, 9.17) is 11.6 Å². The first-order valence-electron chi connectivity index (χ1n) is 9.02. The molecule has 26 heavy (non-hydrogen) atoms. The second kappa shape index (κ2) is 6.69. The SMILES string of the molecule is CC[C@H]1c2[nH]c3ccccc3c2CCN1C(=O)Nc1cccc(Cl)c1C. The van der Waals surface area contributed by atoms with Crippen LogP contribution in [0, 0.1) is 6.92 Å². The van der Waals surface area contributed by atoms with Crippen molar-refractivity contribution in [1.82, 2.24) is 9.88 Å². The van der Waals surface area contributed by atoms with Crippen LogP contribution < -0.4 is 5.32 Å². The van der Waals surface area contributed by atoms with Crippen LogP contribution in [0.15, 0.2) is 42.5 Å². The lowest BCUT2D eigenvalue weighted by molar-refractivity contribution is 0.179. The van der Waals surface area contributed by atoms with Crippen molar-refractivity contribution in [3.8, 4) is 0 Å². The fraction of sp³-hybridized carbons (Fsp3) is 0.286. The molecule has 2 N–H and O–H groups in total. The van der Waals surface area contributed by atoms with Crippen LogP contribution in [0.25, 0.3) is 10.9 Å². The Balaban J connectivity index is 1.65. The van der Waals surface area contributed by atoms with Gasteiger partial charge < -0.3 is 15.2 Å². The van der Waals surface area contributed by atoms with Crippen LogP contribution in [0.2, 0.25) is 5.02 Å². The maximum atomic E-state index is 13.0.